The fraction of sp³-hybridized carbons (Fsp3) is 0.333. The molecule has 0 bridgehead atoms. The summed E-state index contributed by atoms with van der Waals surface area (Å²) in [6.07, 6.45) is 1.04. The molecule has 1 atom stereocenters. The van der Waals surface area contributed by atoms with Gasteiger partial charge in [0.25, 0.3) is 0 Å². The number of nitrogens with one attached hydrogen (secondary N) is 1. The first-order chi connectivity index (χ1) is 9.74. The van der Waals surface area contributed by atoms with Crippen molar-refractivity contribution < 1.29 is 4.79 Å². The lowest BCUT2D eigenvalue weighted by atomic mass is 9.95. The molecule has 1 aromatic carbocycles. The number of thiazole rings is 1. The van der Waals surface area contributed by atoms with Crippen LogP contribution in [0.5, 0.6) is 0 Å². The average Bonchev–Trinajstić information content (AvgIpc) is 2.82. The van der Waals surface area contributed by atoms with Crippen molar-refractivity contribution in [1.29, 1.82) is 0 Å². The Morgan fingerprint density at radius 1 is 1.45 bits per heavy atom. The predicted molar refractivity (Wildman–Crippen MR) is 79.6 cm³/mol. The summed E-state index contributed by atoms with van der Waals surface area (Å²) in [5.41, 5.74) is 2.21. The van der Waals surface area contributed by atoms with Crippen LogP contribution in [-0.2, 0) is 6.54 Å². The highest BCUT2D eigenvalue weighted by atomic mass is 32.1. The molecule has 2 heterocycles. The van der Waals surface area contributed by atoms with Crippen molar-refractivity contribution in [2.45, 2.75) is 25.9 Å². The van der Waals surface area contributed by atoms with Crippen LogP contribution in [0.25, 0.3) is 0 Å². The Labute approximate surface area is 122 Å². The van der Waals surface area contributed by atoms with E-state index in [-0.39, 0.29) is 12.1 Å². The molecule has 3 rings (SSSR count). The van der Waals surface area contributed by atoms with Gasteiger partial charge in [-0.1, -0.05) is 30.3 Å². The van der Waals surface area contributed by atoms with Gasteiger partial charge in [-0.25, -0.2) is 9.78 Å². The lowest BCUT2D eigenvalue weighted by Crippen LogP contribution is -2.49. The molecule has 1 saturated heterocycles. The highest BCUT2D eigenvalue weighted by Crippen LogP contribution is 2.32. The zero-order chi connectivity index (χ0) is 13.9. The molecule has 1 aliphatic rings. The number of benzene rings is 1. The van der Waals surface area contributed by atoms with Crippen molar-refractivity contribution in [3.8, 4) is 0 Å². The van der Waals surface area contributed by atoms with Crippen LogP contribution in [0.15, 0.2) is 35.7 Å². The van der Waals surface area contributed by atoms with E-state index in [9.17, 15) is 4.79 Å². The number of likely N-dealkylation sites (tertiary alicyclic amines) is 1. The van der Waals surface area contributed by atoms with E-state index in [1.54, 1.807) is 11.3 Å². The molecule has 1 fully saturated rings. The van der Waals surface area contributed by atoms with E-state index in [0.29, 0.717) is 6.54 Å². The second-order valence-electron chi connectivity index (χ2n) is 4.95. The van der Waals surface area contributed by atoms with E-state index >= 15 is 0 Å². The van der Waals surface area contributed by atoms with Gasteiger partial charge in [0.1, 0.15) is 5.01 Å². The van der Waals surface area contributed by atoms with Crippen molar-refractivity contribution in [3.63, 3.8) is 0 Å². The number of hydrogen-bond acceptors (Lipinski definition) is 3. The molecule has 20 heavy (non-hydrogen) atoms. The molecular weight excluding hydrogens is 270 g/mol. The maximum absolute atomic E-state index is 12.2. The fourth-order valence-corrected chi connectivity index (χ4v) is 3.10. The van der Waals surface area contributed by atoms with Crippen molar-refractivity contribution in [2.75, 3.05) is 6.54 Å². The number of urea groups is 1. The minimum absolute atomic E-state index is 0.00189. The highest BCUT2D eigenvalue weighted by molar-refractivity contribution is 7.09. The molecule has 104 valence electrons. The summed E-state index contributed by atoms with van der Waals surface area (Å²) in [6, 6.07) is 10.4. The number of aryl methyl sites for hydroxylation is 1. The number of nitrogens with zero attached hydrogens (tertiary/aromatic N) is 2. The van der Waals surface area contributed by atoms with Gasteiger partial charge in [-0.05, 0) is 18.9 Å². The summed E-state index contributed by atoms with van der Waals surface area (Å²) in [5, 5.41) is 5.90. The van der Waals surface area contributed by atoms with Crippen LogP contribution in [0.2, 0.25) is 0 Å². The van der Waals surface area contributed by atoms with Crippen LogP contribution in [0.4, 0.5) is 4.79 Å². The fourth-order valence-electron chi connectivity index (χ4n) is 2.39. The first kappa shape index (κ1) is 13.1. The molecule has 2 amide bonds. The van der Waals surface area contributed by atoms with Gasteiger partial charge in [0.15, 0.2) is 0 Å². The third-order valence-corrected chi connectivity index (χ3v) is 4.49. The lowest BCUT2D eigenvalue weighted by Gasteiger charge is -2.41. The Bertz CT molecular complexity index is 596. The van der Waals surface area contributed by atoms with Crippen LogP contribution in [0, 0.1) is 6.92 Å². The molecule has 5 heteroatoms. The van der Waals surface area contributed by atoms with Crippen LogP contribution >= 0.6 is 11.3 Å². The minimum atomic E-state index is -0.00189. The maximum atomic E-state index is 12.2. The quantitative estimate of drug-likeness (QED) is 0.942. The van der Waals surface area contributed by atoms with E-state index in [4.69, 9.17) is 0 Å². The molecule has 0 radical (unpaired) electrons. The van der Waals surface area contributed by atoms with E-state index in [1.165, 1.54) is 5.56 Å². The van der Waals surface area contributed by atoms with Gasteiger partial charge in [0, 0.05) is 17.6 Å². The number of carbonyl (C=O) groups is 1. The molecule has 4 nitrogen and oxygen atoms in total. The maximum Gasteiger partial charge on any atom is 0.318 e. The lowest BCUT2D eigenvalue weighted by molar-refractivity contribution is 0.115. The first-order valence-electron chi connectivity index (χ1n) is 6.74. The Kier molecular flexibility index (Phi) is 3.69. The van der Waals surface area contributed by atoms with E-state index in [1.807, 2.05) is 35.4 Å². The monoisotopic (exact) mass is 287 g/mol. The molecule has 0 saturated carbocycles. The van der Waals surface area contributed by atoms with Crippen molar-refractivity contribution >= 4 is 17.4 Å². The van der Waals surface area contributed by atoms with Crippen molar-refractivity contribution in [1.82, 2.24) is 15.2 Å². The number of hydrogen-bond donors (Lipinski definition) is 1. The van der Waals surface area contributed by atoms with Crippen LogP contribution in [-0.4, -0.2) is 22.5 Å². The number of rotatable bonds is 3. The SMILES string of the molecule is Cc1csc(CNC(=O)N2CC[C@H]2c2ccccc2)n1. The third-order valence-electron chi connectivity index (χ3n) is 3.52. The van der Waals surface area contributed by atoms with Crippen LogP contribution in [0.1, 0.15) is 28.7 Å². The summed E-state index contributed by atoms with van der Waals surface area (Å²) >= 11 is 1.58. The van der Waals surface area contributed by atoms with Crippen molar-refractivity contribution in [2.24, 2.45) is 0 Å². The standard InChI is InChI=1S/C15H17N3OS/c1-11-10-20-14(17-11)9-16-15(19)18-8-7-13(18)12-5-3-2-4-6-12/h2-6,10,13H,7-9H2,1H3,(H,16,19)/t13-/m0/s1. The summed E-state index contributed by atoms with van der Waals surface area (Å²) < 4.78 is 0. The first-order valence-corrected chi connectivity index (χ1v) is 7.62. The Balaban J connectivity index is 1.58. The smallest absolute Gasteiger partial charge is 0.318 e. The number of aromatic nitrogens is 1. The van der Waals surface area contributed by atoms with Crippen molar-refractivity contribution in [3.05, 3.63) is 52.0 Å². The van der Waals surface area contributed by atoms with E-state index in [2.05, 4.69) is 22.4 Å². The topological polar surface area (TPSA) is 45.2 Å². The number of amides is 2. The Morgan fingerprint density at radius 2 is 2.25 bits per heavy atom. The minimum Gasteiger partial charge on any atom is -0.331 e. The van der Waals surface area contributed by atoms with E-state index < -0.39 is 0 Å². The largest absolute Gasteiger partial charge is 0.331 e. The molecule has 2 aromatic rings. The molecule has 1 aromatic heterocycles. The van der Waals surface area contributed by atoms with Gasteiger partial charge in [0.2, 0.25) is 0 Å². The highest BCUT2D eigenvalue weighted by Gasteiger charge is 2.33. The predicted octanol–water partition coefficient (Wildman–Crippen LogP) is 3.11. The molecule has 0 aliphatic carbocycles. The molecule has 1 N–H and O–H groups in total. The summed E-state index contributed by atoms with van der Waals surface area (Å²) in [7, 11) is 0. The van der Waals surface area contributed by atoms with Crippen LogP contribution < -0.4 is 5.32 Å². The summed E-state index contributed by atoms with van der Waals surface area (Å²) in [4.78, 5) is 18.4. The van der Waals surface area contributed by atoms with Gasteiger partial charge < -0.3 is 10.2 Å². The van der Waals surface area contributed by atoms with Gasteiger partial charge in [-0.3, -0.25) is 0 Å². The summed E-state index contributed by atoms with van der Waals surface area (Å²) in [5.74, 6) is 0. The second kappa shape index (κ2) is 5.63. The van der Waals surface area contributed by atoms with E-state index in [0.717, 1.165) is 23.7 Å². The Morgan fingerprint density at radius 3 is 2.85 bits per heavy atom. The van der Waals surface area contributed by atoms with Crippen LogP contribution in [0.3, 0.4) is 0 Å². The van der Waals surface area contributed by atoms with Gasteiger partial charge in [-0.15, -0.1) is 11.3 Å². The Hall–Kier alpha value is -1.88. The molecule has 1 aliphatic heterocycles. The number of carbonyl (C=O) groups excluding carboxylic acids is 1. The third kappa shape index (κ3) is 2.67. The van der Waals surface area contributed by atoms with Gasteiger partial charge >= 0.3 is 6.03 Å². The normalized spacial score (nSPS) is 17.6. The zero-order valence-electron chi connectivity index (χ0n) is 11.4. The molecule has 0 spiro atoms. The van der Waals surface area contributed by atoms with Gasteiger partial charge in [-0.2, -0.15) is 0 Å². The zero-order valence-corrected chi connectivity index (χ0v) is 12.2. The summed E-state index contributed by atoms with van der Waals surface area (Å²) in [6.45, 7) is 3.29. The second-order valence-corrected chi connectivity index (χ2v) is 5.89. The van der Waals surface area contributed by atoms with Gasteiger partial charge in [0.05, 0.1) is 12.6 Å². The molecule has 0 unspecified atom stereocenters. The molecular formula is C15H17N3OS. The average molecular weight is 287 g/mol.